The molecule has 0 amide bonds. The summed E-state index contributed by atoms with van der Waals surface area (Å²) < 4.78 is 14.0. The maximum Gasteiger partial charge on any atom is 0.147 e. The van der Waals surface area contributed by atoms with E-state index in [-0.39, 0.29) is 17.5 Å². The fourth-order valence-electron chi connectivity index (χ4n) is 2.24. The summed E-state index contributed by atoms with van der Waals surface area (Å²) in [5, 5.41) is 0.472. The quantitative estimate of drug-likeness (QED) is 0.815. The average molecular weight is 270 g/mol. The summed E-state index contributed by atoms with van der Waals surface area (Å²) in [7, 11) is 0. The lowest BCUT2D eigenvalue weighted by Crippen LogP contribution is -2.34. The van der Waals surface area contributed by atoms with Crippen LogP contribution in [0.2, 0.25) is 5.02 Å². The Morgan fingerprint density at radius 3 is 2.44 bits per heavy atom. The number of rotatable bonds is 2. The maximum absolute atomic E-state index is 14.0. The summed E-state index contributed by atoms with van der Waals surface area (Å²) in [6, 6.07) is 3.20. The first-order valence-electron chi connectivity index (χ1n) is 6.24. The number of halogens is 2. The Kier molecular flexibility index (Phi) is 3.91. The number of Topliss-reactive ketones (excluding diaryl/α,β-unsaturated/α-hetero) is 1. The molecule has 0 saturated carbocycles. The van der Waals surface area contributed by atoms with Crippen molar-refractivity contribution in [2.75, 3.05) is 18.0 Å². The minimum absolute atomic E-state index is 0.253. The van der Waals surface area contributed by atoms with Crippen molar-refractivity contribution in [3.63, 3.8) is 0 Å². The molecule has 2 nitrogen and oxygen atoms in total. The highest BCUT2D eigenvalue weighted by Gasteiger charge is 2.21. The van der Waals surface area contributed by atoms with E-state index in [0.29, 0.717) is 36.6 Å². The van der Waals surface area contributed by atoms with E-state index < -0.39 is 0 Å². The highest BCUT2D eigenvalue weighted by atomic mass is 35.5. The molecule has 0 unspecified atom stereocenters. The molecule has 4 heteroatoms. The van der Waals surface area contributed by atoms with Crippen molar-refractivity contribution in [1.29, 1.82) is 0 Å². The average Bonchev–Trinajstić information content (AvgIpc) is 2.30. The van der Waals surface area contributed by atoms with Gasteiger partial charge in [-0.1, -0.05) is 25.4 Å². The largest absolute Gasteiger partial charge is 0.368 e. The van der Waals surface area contributed by atoms with Crippen molar-refractivity contribution in [3.05, 3.63) is 28.5 Å². The smallest absolute Gasteiger partial charge is 0.147 e. The first-order chi connectivity index (χ1) is 8.49. The van der Waals surface area contributed by atoms with E-state index in [0.717, 1.165) is 5.56 Å². The Hall–Kier alpha value is -1.09. The summed E-state index contributed by atoms with van der Waals surface area (Å²) in [5.41, 5.74) is 1.51. The zero-order valence-electron chi connectivity index (χ0n) is 10.7. The first-order valence-corrected chi connectivity index (χ1v) is 6.62. The number of hydrogen-bond acceptors (Lipinski definition) is 2. The molecular weight excluding hydrogens is 253 g/mol. The lowest BCUT2D eigenvalue weighted by molar-refractivity contribution is -0.119. The maximum atomic E-state index is 14.0. The third-order valence-electron chi connectivity index (χ3n) is 3.35. The highest BCUT2D eigenvalue weighted by Crippen LogP contribution is 2.32. The van der Waals surface area contributed by atoms with Gasteiger partial charge in [0, 0.05) is 31.0 Å². The van der Waals surface area contributed by atoms with Crippen LogP contribution in [-0.4, -0.2) is 18.9 Å². The summed E-state index contributed by atoms with van der Waals surface area (Å²) >= 11 is 6.05. The molecule has 0 bridgehead atoms. The van der Waals surface area contributed by atoms with Gasteiger partial charge in [-0.3, -0.25) is 4.79 Å². The fourth-order valence-corrected chi connectivity index (χ4v) is 2.60. The Labute approximate surface area is 112 Å². The fraction of sp³-hybridized carbons (Fsp3) is 0.500. The number of nitrogens with zero attached hydrogens (tertiary/aromatic N) is 1. The number of carbonyl (C=O) groups is 1. The molecule has 1 aromatic rings. The molecule has 18 heavy (non-hydrogen) atoms. The summed E-state index contributed by atoms with van der Waals surface area (Å²) in [5.74, 6) is 0.201. The van der Waals surface area contributed by atoms with Crippen LogP contribution in [0.3, 0.4) is 0 Å². The van der Waals surface area contributed by atoms with Crippen LogP contribution in [-0.2, 0) is 4.79 Å². The number of anilines is 1. The third-order valence-corrected chi connectivity index (χ3v) is 3.68. The topological polar surface area (TPSA) is 20.3 Å². The minimum Gasteiger partial charge on any atom is -0.368 e. The second kappa shape index (κ2) is 5.27. The lowest BCUT2D eigenvalue weighted by Gasteiger charge is -2.29. The molecule has 0 atom stereocenters. The van der Waals surface area contributed by atoms with Gasteiger partial charge >= 0.3 is 0 Å². The van der Waals surface area contributed by atoms with Gasteiger partial charge in [-0.15, -0.1) is 0 Å². The second-order valence-electron chi connectivity index (χ2n) is 5.01. The van der Waals surface area contributed by atoms with Crippen LogP contribution in [0.4, 0.5) is 10.1 Å². The van der Waals surface area contributed by atoms with Crippen molar-refractivity contribution in [1.82, 2.24) is 0 Å². The second-order valence-corrected chi connectivity index (χ2v) is 5.41. The minimum atomic E-state index is -0.307. The Bertz CT molecular complexity index is 463. The van der Waals surface area contributed by atoms with Crippen molar-refractivity contribution < 1.29 is 9.18 Å². The monoisotopic (exact) mass is 269 g/mol. The third kappa shape index (κ3) is 2.66. The van der Waals surface area contributed by atoms with Gasteiger partial charge in [-0.05, 0) is 23.6 Å². The summed E-state index contributed by atoms with van der Waals surface area (Å²) in [4.78, 5) is 13.1. The molecule has 1 aromatic carbocycles. The molecule has 1 fully saturated rings. The van der Waals surface area contributed by atoms with E-state index in [9.17, 15) is 9.18 Å². The van der Waals surface area contributed by atoms with Crippen molar-refractivity contribution in [3.8, 4) is 0 Å². The van der Waals surface area contributed by atoms with Gasteiger partial charge < -0.3 is 4.90 Å². The van der Waals surface area contributed by atoms with E-state index >= 15 is 0 Å². The van der Waals surface area contributed by atoms with E-state index in [4.69, 9.17) is 11.6 Å². The molecule has 0 spiro atoms. The molecule has 0 aromatic heterocycles. The van der Waals surface area contributed by atoms with Crippen LogP contribution in [0.25, 0.3) is 0 Å². The van der Waals surface area contributed by atoms with Gasteiger partial charge in [0.25, 0.3) is 0 Å². The zero-order chi connectivity index (χ0) is 13.3. The molecule has 98 valence electrons. The number of ketones is 1. The molecule has 1 aliphatic rings. The molecule has 0 aliphatic carbocycles. The molecule has 1 aliphatic heterocycles. The zero-order valence-corrected chi connectivity index (χ0v) is 11.4. The predicted molar refractivity (Wildman–Crippen MR) is 72.0 cm³/mol. The Balaban J connectivity index is 2.32. The van der Waals surface area contributed by atoms with Gasteiger partial charge in [0.15, 0.2) is 0 Å². The standard InChI is InChI=1S/C14H17ClFNO/c1-9(2)11-7-14(13(16)8-12(11)15)17-5-3-10(18)4-6-17/h7-9H,3-6H2,1-2H3. The van der Waals surface area contributed by atoms with Crippen LogP contribution >= 0.6 is 11.6 Å². The number of hydrogen-bond donors (Lipinski definition) is 0. The van der Waals surface area contributed by atoms with E-state index in [1.807, 2.05) is 24.8 Å². The van der Waals surface area contributed by atoms with Gasteiger partial charge in [-0.2, -0.15) is 0 Å². The molecule has 1 heterocycles. The Morgan fingerprint density at radius 2 is 1.89 bits per heavy atom. The van der Waals surface area contributed by atoms with Crippen molar-refractivity contribution >= 4 is 23.1 Å². The molecule has 0 N–H and O–H groups in total. The first kappa shape index (κ1) is 13.3. The lowest BCUT2D eigenvalue weighted by atomic mass is 10.0. The van der Waals surface area contributed by atoms with Crippen LogP contribution in [0.1, 0.15) is 38.2 Å². The molecule has 2 rings (SSSR count). The van der Waals surface area contributed by atoms with Crippen LogP contribution in [0, 0.1) is 5.82 Å². The van der Waals surface area contributed by atoms with Gasteiger partial charge in [0.05, 0.1) is 5.69 Å². The van der Waals surface area contributed by atoms with Crippen molar-refractivity contribution in [2.45, 2.75) is 32.6 Å². The molecular formula is C14H17ClFNO. The highest BCUT2D eigenvalue weighted by molar-refractivity contribution is 6.31. The number of benzene rings is 1. The summed E-state index contributed by atoms with van der Waals surface area (Å²) in [6.45, 7) is 5.25. The van der Waals surface area contributed by atoms with Crippen LogP contribution in [0.5, 0.6) is 0 Å². The SMILES string of the molecule is CC(C)c1cc(N2CCC(=O)CC2)c(F)cc1Cl. The van der Waals surface area contributed by atoms with Gasteiger partial charge in [0.2, 0.25) is 0 Å². The van der Waals surface area contributed by atoms with E-state index in [2.05, 4.69) is 0 Å². The van der Waals surface area contributed by atoms with E-state index in [1.165, 1.54) is 6.07 Å². The number of piperidine rings is 1. The molecule has 1 saturated heterocycles. The van der Waals surface area contributed by atoms with Gasteiger partial charge in [0.1, 0.15) is 11.6 Å². The normalized spacial score (nSPS) is 16.5. The van der Waals surface area contributed by atoms with Crippen LogP contribution in [0.15, 0.2) is 12.1 Å². The van der Waals surface area contributed by atoms with Crippen molar-refractivity contribution in [2.24, 2.45) is 0 Å². The van der Waals surface area contributed by atoms with E-state index in [1.54, 1.807) is 0 Å². The predicted octanol–water partition coefficient (Wildman–Crippen LogP) is 3.77. The Morgan fingerprint density at radius 1 is 1.28 bits per heavy atom. The summed E-state index contributed by atoms with van der Waals surface area (Å²) in [6.07, 6.45) is 0.998. The van der Waals surface area contributed by atoms with Gasteiger partial charge in [-0.25, -0.2) is 4.39 Å². The number of carbonyl (C=O) groups excluding carboxylic acids is 1. The van der Waals surface area contributed by atoms with Crippen LogP contribution < -0.4 is 4.90 Å². The molecule has 0 radical (unpaired) electrons.